The van der Waals surface area contributed by atoms with Gasteiger partial charge in [0.05, 0.1) is 0 Å². The van der Waals surface area contributed by atoms with E-state index in [0.29, 0.717) is 0 Å². The zero-order valence-corrected chi connectivity index (χ0v) is 8.26. The first-order valence-corrected chi connectivity index (χ1v) is 4.17. The molecule has 3 heteroatoms. The minimum Gasteiger partial charge on any atom is -0.861 e. The number of hydrogen-bond acceptors (Lipinski definition) is 1. The molecule has 5 heavy (non-hydrogen) atoms. The minimum absolute atomic E-state index is 0. The van der Waals surface area contributed by atoms with Gasteiger partial charge in [-0.1, -0.05) is 22.1 Å². The molecule has 0 saturated carbocycles. The third-order valence-corrected chi connectivity index (χ3v) is 0. The van der Waals surface area contributed by atoms with Gasteiger partial charge in [0.15, 0.2) is 0 Å². The van der Waals surface area contributed by atoms with Crippen LogP contribution in [0.2, 0.25) is 13.1 Å². The third kappa shape index (κ3) is 25.7. The molecule has 0 aliphatic carbocycles. The van der Waals surface area contributed by atoms with Crippen molar-refractivity contribution in [3.05, 3.63) is 0 Å². The monoisotopic (exact) mass is 114 g/mol. The van der Waals surface area contributed by atoms with E-state index in [1.807, 2.05) is 0 Å². The van der Waals surface area contributed by atoms with Crippen LogP contribution in [-0.4, -0.2) is 9.04 Å². The fourth-order valence-electron chi connectivity index (χ4n) is 0. The summed E-state index contributed by atoms with van der Waals surface area (Å²) in [6.07, 6.45) is 0. The molecular formula is C2H7KOSi. The summed E-state index contributed by atoms with van der Waals surface area (Å²) >= 11 is 0. The summed E-state index contributed by atoms with van der Waals surface area (Å²) in [5, 5.41) is 0. The van der Waals surface area contributed by atoms with Crippen LogP contribution in [0.5, 0.6) is 0 Å². The Morgan fingerprint density at radius 3 is 1.40 bits per heavy atom. The second kappa shape index (κ2) is 5.81. The Balaban J connectivity index is 0. The van der Waals surface area contributed by atoms with Gasteiger partial charge in [-0.2, -0.15) is 0 Å². The third-order valence-electron chi connectivity index (χ3n) is 0. The predicted octanol–water partition coefficient (Wildman–Crippen LogP) is -3.67. The van der Waals surface area contributed by atoms with Gasteiger partial charge in [-0.3, -0.25) is 0 Å². The first-order chi connectivity index (χ1) is 1.73. The summed E-state index contributed by atoms with van der Waals surface area (Å²) in [5.74, 6) is 0. The molecule has 0 heterocycles. The summed E-state index contributed by atoms with van der Waals surface area (Å²) in [6.45, 7) is 3.50. The van der Waals surface area contributed by atoms with Crippen molar-refractivity contribution in [2.24, 2.45) is 0 Å². The molecule has 0 rings (SSSR count). The second-order valence-electron chi connectivity index (χ2n) is 1.05. The molecule has 0 atom stereocenters. The van der Waals surface area contributed by atoms with E-state index < -0.39 is 9.04 Å². The molecule has 0 unspecified atom stereocenters. The molecule has 0 spiro atoms. The van der Waals surface area contributed by atoms with Crippen molar-refractivity contribution in [3.63, 3.8) is 0 Å². The quantitative estimate of drug-likeness (QED) is 0.298. The largest absolute Gasteiger partial charge is 1.00 e. The second-order valence-corrected chi connectivity index (χ2v) is 3.15. The summed E-state index contributed by atoms with van der Waals surface area (Å²) in [7, 11) is -1.39. The van der Waals surface area contributed by atoms with Crippen molar-refractivity contribution < 1.29 is 56.2 Å². The van der Waals surface area contributed by atoms with Gasteiger partial charge < -0.3 is 4.80 Å². The van der Waals surface area contributed by atoms with Crippen LogP contribution in [0.4, 0.5) is 0 Å². The molecule has 0 radical (unpaired) electrons. The first-order valence-electron chi connectivity index (χ1n) is 1.39. The number of rotatable bonds is 0. The molecule has 0 aliphatic heterocycles. The zero-order chi connectivity index (χ0) is 3.58. The average molecular weight is 114 g/mol. The Labute approximate surface area is 76.9 Å². The molecule has 26 valence electrons. The maximum absolute atomic E-state index is 9.67. The van der Waals surface area contributed by atoms with E-state index in [9.17, 15) is 4.80 Å². The van der Waals surface area contributed by atoms with E-state index in [4.69, 9.17) is 0 Å². The normalized spacial score (nSPS) is 7.20. The maximum Gasteiger partial charge on any atom is 1.00 e. The van der Waals surface area contributed by atoms with Crippen LogP contribution in [0.3, 0.4) is 0 Å². The van der Waals surface area contributed by atoms with Gasteiger partial charge in [-0.15, -0.1) is 0 Å². The molecule has 0 aromatic carbocycles. The number of hydrogen-bond donors (Lipinski definition) is 0. The summed E-state index contributed by atoms with van der Waals surface area (Å²) in [5.41, 5.74) is 0. The molecule has 0 aromatic rings. The predicted molar refractivity (Wildman–Crippen MR) is 18.9 cm³/mol. The zero-order valence-electron chi connectivity index (χ0n) is 3.99. The Morgan fingerprint density at radius 1 is 1.40 bits per heavy atom. The van der Waals surface area contributed by atoms with Crippen molar-refractivity contribution in [2.75, 3.05) is 0 Å². The maximum atomic E-state index is 9.67. The first kappa shape index (κ1) is 9.94. The smallest absolute Gasteiger partial charge is 0.861 e. The molecule has 1 nitrogen and oxygen atoms in total. The van der Waals surface area contributed by atoms with Crippen molar-refractivity contribution in [2.45, 2.75) is 13.1 Å². The molecular weight excluding hydrogens is 107 g/mol. The van der Waals surface area contributed by atoms with Gasteiger partial charge in [0.2, 0.25) is 0 Å². The summed E-state index contributed by atoms with van der Waals surface area (Å²) in [6, 6.07) is 0. The molecule has 0 fully saturated rings. The van der Waals surface area contributed by atoms with Gasteiger partial charge >= 0.3 is 51.4 Å². The van der Waals surface area contributed by atoms with E-state index in [2.05, 4.69) is 0 Å². The molecule has 0 N–H and O–H groups in total. The molecule has 0 amide bonds. The van der Waals surface area contributed by atoms with E-state index in [1.54, 1.807) is 13.1 Å². The van der Waals surface area contributed by atoms with Crippen molar-refractivity contribution >= 4 is 9.04 Å². The Bertz CT molecular complexity index is 14.4. The van der Waals surface area contributed by atoms with Gasteiger partial charge in [0, 0.05) is 0 Å². The fourth-order valence-corrected chi connectivity index (χ4v) is 0. The topological polar surface area (TPSA) is 23.1 Å². The van der Waals surface area contributed by atoms with Gasteiger partial charge in [0.25, 0.3) is 0 Å². The Kier molecular flexibility index (Phi) is 11.6. The summed E-state index contributed by atoms with van der Waals surface area (Å²) in [4.78, 5) is 9.67. The van der Waals surface area contributed by atoms with Crippen molar-refractivity contribution in [1.29, 1.82) is 0 Å². The van der Waals surface area contributed by atoms with Crippen LogP contribution >= 0.6 is 0 Å². The van der Waals surface area contributed by atoms with E-state index in [-0.39, 0.29) is 51.4 Å². The van der Waals surface area contributed by atoms with Crippen LogP contribution < -0.4 is 56.2 Å². The fraction of sp³-hybridized carbons (Fsp3) is 1.00. The van der Waals surface area contributed by atoms with Crippen LogP contribution in [0.25, 0.3) is 0 Å². The van der Waals surface area contributed by atoms with Crippen molar-refractivity contribution in [3.8, 4) is 0 Å². The van der Waals surface area contributed by atoms with Crippen LogP contribution in [0.15, 0.2) is 0 Å². The van der Waals surface area contributed by atoms with Crippen molar-refractivity contribution in [1.82, 2.24) is 0 Å². The molecule has 0 saturated heterocycles. The van der Waals surface area contributed by atoms with Crippen LogP contribution in [0.1, 0.15) is 0 Å². The molecule has 0 bridgehead atoms. The molecule has 0 aliphatic rings. The van der Waals surface area contributed by atoms with Gasteiger partial charge in [-0.05, 0) is 0 Å². The average Bonchev–Trinajstić information content (AvgIpc) is 0.811. The molecule has 0 aromatic heterocycles. The standard InChI is InChI=1S/C2H7OSi.K/c1-4(2)3;/h4H,1-2H3;/q-1;+1. The van der Waals surface area contributed by atoms with E-state index >= 15 is 0 Å². The van der Waals surface area contributed by atoms with Gasteiger partial charge in [0.1, 0.15) is 0 Å². The Hall–Kier alpha value is 1.81. The minimum atomic E-state index is -1.39. The van der Waals surface area contributed by atoms with Gasteiger partial charge in [-0.25, -0.2) is 0 Å². The van der Waals surface area contributed by atoms with E-state index in [0.717, 1.165) is 0 Å². The van der Waals surface area contributed by atoms with E-state index in [1.165, 1.54) is 0 Å². The van der Waals surface area contributed by atoms with Crippen LogP contribution in [-0.2, 0) is 0 Å². The summed E-state index contributed by atoms with van der Waals surface area (Å²) < 4.78 is 0. The Morgan fingerprint density at radius 2 is 1.40 bits per heavy atom. The SMILES string of the molecule is C[SiH](C)[O-].[K+]. The van der Waals surface area contributed by atoms with Crippen LogP contribution in [0, 0.1) is 0 Å².